The predicted molar refractivity (Wildman–Crippen MR) is 60.3 cm³/mol. The van der Waals surface area contributed by atoms with E-state index in [0.717, 1.165) is 19.3 Å². The molecule has 0 aromatic heterocycles. The Hall–Kier alpha value is -0.290. The second-order valence-corrected chi connectivity index (χ2v) is 4.25. The summed E-state index contributed by atoms with van der Waals surface area (Å²) >= 11 is 0. The average Bonchev–Trinajstić information content (AvgIpc) is 2.16. The SMILES string of the molecule is CCCCCN(C)C(C(N)CC)C(F)(F)F. The van der Waals surface area contributed by atoms with E-state index in [-0.39, 0.29) is 0 Å². The maximum absolute atomic E-state index is 12.8. The summed E-state index contributed by atoms with van der Waals surface area (Å²) in [7, 11) is 1.50. The van der Waals surface area contributed by atoms with E-state index in [0.29, 0.717) is 13.0 Å². The van der Waals surface area contributed by atoms with Crippen molar-refractivity contribution in [3.05, 3.63) is 0 Å². The molecule has 0 saturated carbocycles. The van der Waals surface area contributed by atoms with Crippen LogP contribution in [0.3, 0.4) is 0 Å². The third-order valence-corrected chi connectivity index (χ3v) is 2.80. The first-order valence-corrected chi connectivity index (χ1v) is 5.87. The molecule has 0 spiro atoms. The fourth-order valence-electron chi connectivity index (χ4n) is 1.79. The zero-order valence-electron chi connectivity index (χ0n) is 10.3. The molecule has 0 amide bonds. The van der Waals surface area contributed by atoms with Crippen LogP contribution in [0.25, 0.3) is 0 Å². The van der Waals surface area contributed by atoms with Gasteiger partial charge in [-0.15, -0.1) is 0 Å². The van der Waals surface area contributed by atoms with Gasteiger partial charge >= 0.3 is 6.18 Å². The number of rotatable bonds is 7. The van der Waals surface area contributed by atoms with Gasteiger partial charge in [0.1, 0.15) is 6.04 Å². The molecule has 0 rings (SSSR count). The number of alkyl halides is 3. The zero-order chi connectivity index (χ0) is 12.8. The second-order valence-electron chi connectivity index (χ2n) is 4.25. The van der Waals surface area contributed by atoms with Gasteiger partial charge in [-0.3, -0.25) is 4.90 Å². The molecule has 0 aliphatic heterocycles. The van der Waals surface area contributed by atoms with Gasteiger partial charge in [0.05, 0.1) is 0 Å². The van der Waals surface area contributed by atoms with Crippen molar-refractivity contribution < 1.29 is 13.2 Å². The topological polar surface area (TPSA) is 29.3 Å². The molecule has 2 nitrogen and oxygen atoms in total. The van der Waals surface area contributed by atoms with Gasteiger partial charge in [-0.2, -0.15) is 13.2 Å². The fourth-order valence-corrected chi connectivity index (χ4v) is 1.79. The Morgan fingerprint density at radius 2 is 1.75 bits per heavy atom. The molecule has 98 valence electrons. The van der Waals surface area contributed by atoms with Gasteiger partial charge in [-0.25, -0.2) is 0 Å². The molecule has 0 aliphatic rings. The Bertz CT molecular complexity index is 183. The Labute approximate surface area is 96.0 Å². The molecule has 0 heterocycles. The van der Waals surface area contributed by atoms with Crippen LogP contribution in [-0.2, 0) is 0 Å². The molecule has 2 atom stereocenters. The number of hydrogen-bond donors (Lipinski definition) is 1. The molecule has 5 heteroatoms. The fraction of sp³-hybridized carbons (Fsp3) is 1.00. The lowest BCUT2D eigenvalue weighted by Crippen LogP contribution is -2.54. The van der Waals surface area contributed by atoms with E-state index in [1.165, 1.54) is 11.9 Å². The minimum absolute atomic E-state index is 0.336. The number of halogens is 3. The van der Waals surface area contributed by atoms with Gasteiger partial charge in [-0.1, -0.05) is 26.7 Å². The third-order valence-electron chi connectivity index (χ3n) is 2.80. The molecule has 2 unspecified atom stereocenters. The largest absolute Gasteiger partial charge is 0.405 e. The van der Waals surface area contributed by atoms with Crippen LogP contribution in [0.15, 0.2) is 0 Å². The minimum Gasteiger partial charge on any atom is -0.326 e. The molecule has 0 radical (unpaired) electrons. The quantitative estimate of drug-likeness (QED) is 0.693. The molecule has 0 aliphatic carbocycles. The summed E-state index contributed by atoms with van der Waals surface area (Å²) in [5, 5.41) is 0. The van der Waals surface area contributed by atoms with E-state index in [2.05, 4.69) is 0 Å². The van der Waals surface area contributed by atoms with Crippen molar-refractivity contribution in [1.29, 1.82) is 0 Å². The highest BCUT2D eigenvalue weighted by atomic mass is 19.4. The van der Waals surface area contributed by atoms with Crippen LogP contribution in [0, 0.1) is 0 Å². The van der Waals surface area contributed by atoms with E-state index < -0.39 is 18.3 Å². The molecular formula is C11H23F3N2. The van der Waals surface area contributed by atoms with Crippen LogP contribution in [0.1, 0.15) is 39.5 Å². The van der Waals surface area contributed by atoms with Gasteiger partial charge in [0.15, 0.2) is 0 Å². The third kappa shape index (κ3) is 5.16. The maximum Gasteiger partial charge on any atom is 0.405 e. The summed E-state index contributed by atoms with van der Waals surface area (Å²) < 4.78 is 38.4. The first-order valence-electron chi connectivity index (χ1n) is 5.87. The van der Waals surface area contributed by atoms with Crippen molar-refractivity contribution >= 4 is 0 Å². The summed E-state index contributed by atoms with van der Waals surface area (Å²) in [6.07, 6.45) is -1.16. The molecule has 0 bridgehead atoms. The molecule has 0 aromatic rings. The highest BCUT2D eigenvalue weighted by Crippen LogP contribution is 2.27. The number of nitrogens with two attached hydrogens (primary N) is 1. The summed E-state index contributed by atoms with van der Waals surface area (Å²) in [4.78, 5) is 1.34. The van der Waals surface area contributed by atoms with Crippen LogP contribution in [0.2, 0.25) is 0 Å². The molecule has 0 saturated heterocycles. The number of unbranched alkanes of at least 4 members (excludes halogenated alkanes) is 2. The van der Waals surface area contributed by atoms with Gasteiger partial charge in [0, 0.05) is 6.04 Å². The summed E-state index contributed by atoms with van der Waals surface area (Å²) in [6.45, 7) is 4.16. The monoisotopic (exact) mass is 240 g/mol. The normalized spacial score (nSPS) is 16.5. The molecule has 0 fully saturated rings. The number of likely N-dealkylation sites (N-methyl/N-ethyl adjacent to an activating group) is 1. The van der Waals surface area contributed by atoms with Crippen LogP contribution < -0.4 is 5.73 Å². The summed E-state index contributed by atoms with van der Waals surface area (Å²) in [5.41, 5.74) is 5.55. The van der Waals surface area contributed by atoms with E-state index in [1.807, 2.05) is 6.92 Å². The lowest BCUT2D eigenvalue weighted by Gasteiger charge is -2.33. The molecule has 0 aromatic carbocycles. The molecular weight excluding hydrogens is 217 g/mol. The van der Waals surface area contributed by atoms with Crippen molar-refractivity contribution in [3.8, 4) is 0 Å². The molecule has 16 heavy (non-hydrogen) atoms. The second kappa shape index (κ2) is 7.12. The number of nitrogens with zero attached hydrogens (tertiary/aromatic N) is 1. The number of hydrogen-bond acceptors (Lipinski definition) is 2. The predicted octanol–water partition coefficient (Wildman–Crippen LogP) is 2.78. The molecule has 2 N–H and O–H groups in total. The van der Waals surface area contributed by atoms with Gasteiger partial charge in [-0.05, 0) is 26.4 Å². The first-order chi connectivity index (χ1) is 7.34. The van der Waals surface area contributed by atoms with Crippen LogP contribution in [0.5, 0.6) is 0 Å². The minimum atomic E-state index is -4.24. The smallest absolute Gasteiger partial charge is 0.326 e. The first kappa shape index (κ1) is 15.7. The summed E-state index contributed by atoms with van der Waals surface area (Å²) in [6, 6.07) is -2.36. The van der Waals surface area contributed by atoms with Crippen LogP contribution in [0.4, 0.5) is 13.2 Å². The Kier molecular flexibility index (Phi) is 6.99. The highest BCUT2D eigenvalue weighted by Gasteiger charge is 2.45. The lowest BCUT2D eigenvalue weighted by molar-refractivity contribution is -0.186. The van der Waals surface area contributed by atoms with E-state index >= 15 is 0 Å². The van der Waals surface area contributed by atoms with Crippen LogP contribution in [-0.4, -0.2) is 36.8 Å². The van der Waals surface area contributed by atoms with E-state index in [9.17, 15) is 13.2 Å². The van der Waals surface area contributed by atoms with Crippen molar-refractivity contribution in [2.75, 3.05) is 13.6 Å². The standard InChI is InChI=1S/C11H23F3N2/c1-4-6-7-8-16(3)10(9(15)5-2)11(12,13)14/h9-10H,4-8,15H2,1-3H3. The Morgan fingerprint density at radius 1 is 1.19 bits per heavy atom. The van der Waals surface area contributed by atoms with Crippen LogP contribution >= 0.6 is 0 Å². The Morgan fingerprint density at radius 3 is 2.12 bits per heavy atom. The van der Waals surface area contributed by atoms with Crippen molar-refractivity contribution in [1.82, 2.24) is 4.90 Å². The highest BCUT2D eigenvalue weighted by molar-refractivity contribution is 4.86. The van der Waals surface area contributed by atoms with Gasteiger partial charge in [0.2, 0.25) is 0 Å². The lowest BCUT2D eigenvalue weighted by atomic mass is 10.0. The summed E-state index contributed by atoms with van der Waals surface area (Å²) in [5.74, 6) is 0. The van der Waals surface area contributed by atoms with Gasteiger partial charge in [0.25, 0.3) is 0 Å². The Balaban J connectivity index is 4.39. The van der Waals surface area contributed by atoms with E-state index in [4.69, 9.17) is 5.73 Å². The average molecular weight is 240 g/mol. The van der Waals surface area contributed by atoms with Crippen molar-refractivity contribution in [2.45, 2.75) is 57.8 Å². The zero-order valence-corrected chi connectivity index (χ0v) is 10.3. The van der Waals surface area contributed by atoms with E-state index in [1.54, 1.807) is 6.92 Å². The maximum atomic E-state index is 12.8. The van der Waals surface area contributed by atoms with Crippen molar-refractivity contribution in [2.24, 2.45) is 5.73 Å². The van der Waals surface area contributed by atoms with Crippen molar-refractivity contribution in [3.63, 3.8) is 0 Å². The van der Waals surface area contributed by atoms with Gasteiger partial charge < -0.3 is 5.73 Å².